The first kappa shape index (κ1) is 17.8. The smallest absolute Gasteiger partial charge is 0.308 e. The Morgan fingerprint density at radius 3 is 2.80 bits per heavy atom. The number of esters is 1. The minimum Gasteiger partial charge on any atom is -0.453 e. The Morgan fingerprint density at radius 1 is 1.32 bits per heavy atom. The standard InChI is InChI=1S/C18H22N2O4S/c1-11(17(22)19-12-6-2-3-7-12)24-16(21)10-15-18(23)20-13-8-4-5-9-14(13)25-15/h4-5,8-9,11-12,15H,2-3,6-7,10H2,1H3,(H,19,22)(H,20,23)/t11-,15+/m0/s1. The number of carbonyl (C=O) groups is 3. The van der Waals surface area contributed by atoms with Crippen LogP contribution in [0.3, 0.4) is 0 Å². The zero-order valence-electron chi connectivity index (χ0n) is 14.1. The molecule has 1 saturated carbocycles. The van der Waals surface area contributed by atoms with Crippen molar-refractivity contribution >= 4 is 35.2 Å². The van der Waals surface area contributed by atoms with Crippen LogP contribution in [-0.2, 0) is 19.1 Å². The van der Waals surface area contributed by atoms with Gasteiger partial charge in [-0.2, -0.15) is 0 Å². The number of anilines is 1. The zero-order valence-corrected chi connectivity index (χ0v) is 14.9. The number of amides is 2. The third kappa shape index (κ3) is 4.54. The molecule has 1 aromatic carbocycles. The molecule has 1 fully saturated rings. The van der Waals surface area contributed by atoms with Crippen molar-refractivity contribution in [2.24, 2.45) is 0 Å². The van der Waals surface area contributed by atoms with Gasteiger partial charge in [-0.1, -0.05) is 25.0 Å². The van der Waals surface area contributed by atoms with Crippen LogP contribution in [0.4, 0.5) is 5.69 Å². The first-order chi connectivity index (χ1) is 12.0. The fourth-order valence-electron chi connectivity index (χ4n) is 3.07. The molecule has 1 heterocycles. The Balaban J connectivity index is 1.50. The highest BCUT2D eigenvalue weighted by Gasteiger charge is 2.31. The second kappa shape index (κ2) is 7.91. The van der Waals surface area contributed by atoms with Gasteiger partial charge < -0.3 is 15.4 Å². The van der Waals surface area contributed by atoms with E-state index in [-0.39, 0.29) is 24.3 Å². The van der Waals surface area contributed by atoms with Crippen LogP contribution in [0.2, 0.25) is 0 Å². The van der Waals surface area contributed by atoms with E-state index in [1.807, 2.05) is 24.3 Å². The molecular formula is C18H22N2O4S. The number of hydrogen-bond donors (Lipinski definition) is 2. The summed E-state index contributed by atoms with van der Waals surface area (Å²) in [5, 5.41) is 5.15. The summed E-state index contributed by atoms with van der Waals surface area (Å²) in [6.07, 6.45) is 3.28. The predicted octanol–water partition coefficient (Wildman–Crippen LogP) is 2.48. The molecule has 0 saturated heterocycles. The Labute approximate surface area is 151 Å². The van der Waals surface area contributed by atoms with Gasteiger partial charge in [-0.05, 0) is 31.9 Å². The van der Waals surface area contributed by atoms with E-state index in [2.05, 4.69) is 10.6 Å². The molecule has 7 heteroatoms. The number of nitrogens with one attached hydrogen (secondary N) is 2. The molecule has 1 aromatic rings. The quantitative estimate of drug-likeness (QED) is 0.786. The lowest BCUT2D eigenvalue weighted by molar-refractivity contribution is -0.155. The molecule has 0 aromatic heterocycles. The van der Waals surface area contributed by atoms with Gasteiger partial charge in [0.2, 0.25) is 5.91 Å². The average molecular weight is 362 g/mol. The van der Waals surface area contributed by atoms with Gasteiger partial charge in [0, 0.05) is 10.9 Å². The van der Waals surface area contributed by atoms with Crippen LogP contribution in [0.15, 0.2) is 29.2 Å². The highest BCUT2D eigenvalue weighted by Crippen LogP contribution is 2.36. The third-order valence-electron chi connectivity index (χ3n) is 4.44. The summed E-state index contributed by atoms with van der Waals surface area (Å²) in [7, 11) is 0. The monoisotopic (exact) mass is 362 g/mol. The van der Waals surface area contributed by atoms with Crippen LogP contribution in [0.5, 0.6) is 0 Å². The van der Waals surface area contributed by atoms with E-state index in [1.165, 1.54) is 11.8 Å². The van der Waals surface area contributed by atoms with Gasteiger partial charge in [0.25, 0.3) is 5.91 Å². The van der Waals surface area contributed by atoms with Gasteiger partial charge in [-0.3, -0.25) is 14.4 Å². The number of ether oxygens (including phenoxy) is 1. The largest absolute Gasteiger partial charge is 0.453 e. The van der Waals surface area contributed by atoms with Gasteiger partial charge in [0.05, 0.1) is 17.4 Å². The van der Waals surface area contributed by atoms with Crippen LogP contribution in [0.1, 0.15) is 39.0 Å². The first-order valence-electron chi connectivity index (χ1n) is 8.59. The molecule has 6 nitrogen and oxygen atoms in total. The Kier molecular flexibility index (Phi) is 5.63. The van der Waals surface area contributed by atoms with Crippen molar-refractivity contribution in [2.75, 3.05) is 5.32 Å². The predicted molar refractivity (Wildman–Crippen MR) is 95.3 cm³/mol. The first-order valence-corrected chi connectivity index (χ1v) is 9.47. The zero-order chi connectivity index (χ0) is 17.8. The Morgan fingerprint density at radius 2 is 2.04 bits per heavy atom. The fourth-order valence-corrected chi connectivity index (χ4v) is 4.16. The lowest BCUT2D eigenvalue weighted by Crippen LogP contribution is -2.41. The molecule has 0 radical (unpaired) electrons. The minimum atomic E-state index is -0.850. The molecule has 2 atom stereocenters. The molecule has 0 spiro atoms. The van der Waals surface area contributed by atoms with Gasteiger partial charge in [-0.25, -0.2) is 0 Å². The van der Waals surface area contributed by atoms with Gasteiger partial charge >= 0.3 is 5.97 Å². The van der Waals surface area contributed by atoms with Crippen molar-refractivity contribution in [2.45, 2.75) is 61.3 Å². The van der Waals surface area contributed by atoms with Crippen molar-refractivity contribution in [3.63, 3.8) is 0 Å². The van der Waals surface area contributed by atoms with Crippen LogP contribution >= 0.6 is 11.8 Å². The highest BCUT2D eigenvalue weighted by molar-refractivity contribution is 8.01. The molecule has 0 unspecified atom stereocenters. The molecule has 3 rings (SSSR count). The summed E-state index contributed by atoms with van der Waals surface area (Å²) in [6.45, 7) is 1.56. The fraction of sp³-hybridized carbons (Fsp3) is 0.500. The summed E-state index contributed by atoms with van der Waals surface area (Å²) in [6, 6.07) is 7.64. The number of carbonyl (C=O) groups excluding carboxylic acids is 3. The van der Waals surface area contributed by atoms with E-state index in [0.717, 1.165) is 36.3 Å². The van der Waals surface area contributed by atoms with E-state index in [9.17, 15) is 14.4 Å². The van der Waals surface area contributed by atoms with Crippen LogP contribution in [-0.4, -0.2) is 35.2 Å². The van der Waals surface area contributed by atoms with Crippen molar-refractivity contribution in [1.29, 1.82) is 0 Å². The van der Waals surface area contributed by atoms with E-state index >= 15 is 0 Å². The van der Waals surface area contributed by atoms with Crippen molar-refractivity contribution in [3.8, 4) is 0 Å². The second-order valence-corrected chi connectivity index (χ2v) is 7.66. The van der Waals surface area contributed by atoms with Crippen molar-refractivity contribution in [3.05, 3.63) is 24.3 Å². The molecule has 134 valence electrons. The van der Waals surface area contributed by atoms with E-state index in [4.69, 9.17) is 4.74 Å². The van der Waals surface area contributed by atoms with Crippen molar-refractivity contribution in [1.82, 2.24) is 5.32 Å². The SMILES string of the molecule is C[C@H](OC(=O)C[C@H]1Sc2ccccc2NC1=O)C(=O)NC1CCCC1. The summed E-state index contributed by atoms with van der Waals surface area (Å²) in [4.78, 5) is 37.3. The number of benzene rings is 1. The van der Waals surface area contributed by atoms with E-state index in [1.54, 1.807) is 6.92 Å². The molecule has 0 bridgehead atoms. The number of fused-ring (bicyclic) bond motifs is 1. The Bertz CT molecular complexity index is 673. The molecule has 1 aliphatic heterocycles. The molecule has 25 heavy (non-hydrogen) atoms. The maximum absolute atomic E-state index is 12.1. The van der Waals surface area contributed by atoms with E-state index in [0.29, 0.717) is 0 Å². The average Bonchev–Trinajstić information content (AvgIpc) is 3.08. The maximum Gasteiger partial charge on any atom is 0.308 e. The van der Waals surface area contributed by atoms with Gasteiger partial charge in [0.1, 0.15) is 0 Å². The Hall–Kier alpha value is -2.02. The summed E-state index contributed by atoms with van der Waals surface area (Å²) < 4.78 is 5.22. The van der Waals surface area contributed by atoms with Crippen LogP contribution < -0.4 is 10.6 Å². The van der Waals surface area contributed by atoms with Crippen LogP contribution in [0.25, 0.3) is 0 Å². The molecule has 1 aliphatic carbocycles. The number of para-hydroxylation sites is 1. The van der Waals surface area contributed by atoms with E-state index < -0.39 is 17.3 Å². The highest BCUT2D eigenvalue weighted by atomic mass is 32.2. The molecule has 2 N–H and O–H groups in total. The van der Waals surface area contributed by atoms with Crippen molar-refractivity contribution < 1.29 is 19.1 Å². The molecular weight excluding hydrogens is 340 g/mol. The normalized spacial score (nSPS) is 21.2. The number of hydrogen-bond acceptors (Lipinski definition) is 5. The van der Waals surface area contributed by atoms with Gasteiger partial charge in [-0.15, -0.1) is 11.8 Å². The molecule has 2 amide bonds. The summed E-state index contributed by atoms with van der Waals surface area (Å²) >= 11 is 1.34. The lowest BCUT2D eigenvalue weighted by Gasteiger charge is -2.24. The summed E-state index contributed by atoms with van der Waals surface area (Å²) in [5.74, 6) is -1.03. The number of rotatable bonds is 5. The lowest BCUT2D eigenvalue weighted by atomic mass is 10.2. The minimum absolute atomic E-state index is 0.0636. The van der Waals surface area contributed by atoms with Gasteiger partial charge in [0.15, 0.2) is 6.10 Å². The maximum atomic E-state index is 12.1. The third-order valence-corrected chi connectivity index (χ3v) is 5.71. The second-order valence-electron chi connectivity index (χ2n) is 6.42. The number of thioether (sulfide) groups is 1. The topological polar surface area (TPSA) is 84.5 Å². The van der Waals surface area contributed by atoms with Crippen LogP contribution in [0, 0.1) is 0 Å². The molecule has 2 aliphatic rings. The summed E-state index contributed by atoms with van der Waals surface area (Å²) in [5.41, 5.74) is 0.756.